The Bertz CT molecular complexity index is 607. The lowest BCUT2D eigenvalue weighted by Crippen LogP contribution is -2.20. The number of rotatable bonds is 3. The van der Waals surface area contributed by atoms with Crippen LogP contribution in [-0.2, 0) is 22.8 Å². The van der Waals surface area contributed by atoms with E-state index in [1.807, 2.05) is 0 Å². The smallest absolute Gasteiger partial charge is 0.437 e. The Morgan fingerprint density at radius 1 is 1.38 bits per heavy atom. The fourth-order valence-electron chi connectivity index (χ4n) is 2.59. The van der Waals surface area contributed by atoms with E-state index in [-0.39, 0.29) is 0 Å². The number of nitrogens with one attached hydrogen (secondary N) is 1. The van der Waals surface area contributed by atoms with Gasteiger partial charge in [-0.3, -0.25) is 14.3 Å². The highest BCUT2D eigenvalue weighted by molar-refractivity contribution is 6.00. The third-order valence-corrected chi connectivity index (χ3v) is 3.73. The van der Waals surface area contributed by atoms with E-state index in [4.69, 9.17) is 5.11 Å². The van der Waals surface area contributed by atoms with Gasteiger partial charge in [0.25, 0.3) is 0 Å². The number of nitrogens with zero attached hydrogens (tertiary/aromatic N) is 2. The molecule has 0 spiro atoms. The fourth-order valence-corrected chi connectivity index (χ4v) is 2.59. The first-order valence-corrected chi connectivity index (χ1v) is 6.10. The Kier molecular flexibility index (Phi) is 3.26. The van der Waals surface area contributed by atoms with Crippen molar-refractivity contribution in [1.29, 1.82) is 0 Å². The maximum absolute atomic E-state index is 12.8. The Morgan fingerprint density at radius 2 is 1.95 bits per heavy atom. The van der Waals surface area contributed by atoms with Crippen LogP contribution < -0.4 is 5.32 Å². The molecule has 116 valence electrons. The van der Waals surface area contributed by atoms with Crippen molar-refractivity contribution in [2.75, 3.05) is 5.32 Å². The number of carboxylic acids is 1. The predicted octanol–water partition coefficient (Wildman–Crippen LogP) is 1.73. The van der Waals surface area contributed by atoms with Crippen LogP contribution in [0.5, 0.6) is 0 Å². The summed E-state index contributed by atoms with van der Waals surface area (Å²) in [6.07, 6.45) is -3.67. The van der Waals surface area contributed by atoms with E-state index in [9.17, 15) is 22.8 Å². The molecule has 2 atom stereocenters. The molecule has 2 rings (SSSR count). The fraction of sp³-hybridized carbons (Fsp3) is 0.583. The van der Waals surface area contributed by atoms with Gasteiger partial charge in [-0.2, -0.15) is 18.3 Å². The van der Waals surface area contributed by atoms with E-state index in [1.54, 1.807) is 13.8 Å². The Morgan fingerprint density at radius 3 is 2.38 bits per heavy atom. The van der Waals surface area contributed by atoms with Crippen molar-refractivity contribution in [1.82, 2.24) is 9.78 Å². The lowest BCUT2D eigenvalue weighted by Gasteiger charge is -2.08. The van der Waals surface area contributed by atoms with Crippen LogP contribution in [0.1, 0.15) is 19.5 Å². The number of anilines is 1. The van der Waals surface area contributed by atoms with Crippen molar-refractivity contribution in [3.8, 4) is 0 Å². The molecule has 0 aromatic carbocycles. The predicted molar refractivity (Wildman–Crippen MR) is 65.2 cm³/mol. The summed E-state index contributed by atoms with van der Waals surface area (Å²) in [5.41, 5.74) is -2.46. The third-order valence-electron chi connectivity index (χ3n) is 3.73. The van der Waals surface area contributed by atoms with E-state index in [1.165, 1.54) is 7.05 Å². The monoisotopic (exact) mass is 305 g/mol. The van der Waals surface area contributed by atoms with Gasteiger partial charge in [-0.25, -0.2) is 0 Å². The van der Waals surface area contributed by atoms with Crippen LogP contribution in [0.4, 0.5) is 18.9 Å². The zero-order valence-electron chi connectivity index (χ0n) is 11.5. The largest absolute Gasteiger partial charge is 0.481 e. The van der Waals surface area contributed by atoms with Gasteiger partial charge in [-0.15, -0.1) is 0 Å². The lowest BCUT2D eigenvalue weighted by molar-refractivity contribution is -0.141. The average Bonchev–Trinajstić information content (AvgIpc) is 2.66. The average molecular weight is 305 g/mol. The molecule has 0 radical (unpaired) electrons. The standard InChI is InChI=1S/C12H14F3N3O3/c1-11(2)6(7(11)10(20)21)9(19)16-5-4-18(3)17-8(5)12(13,14)15/h4,6-7H,1-3H3,(H,16,19)(H,20,21)/t6-,7+/m0/s1. The second-order valence-electron chi connectivity index (χ2n) is 5.67. The first kappa shape index (κ1) is 15.3. The van der Waals surface area contributed by atoms with Crippen LogP contribution >= 0.6 is 0 Å². The SMILES string of the molecule is Cn1cc(NC(=O)[C@@H]2[C@H](C(=O)O)C2(C)C)c(C(F)(F)F)n1. The zero-order chi connectivity index (χ0) is 16.2. The molecule has 21 heavy (non-hydrogen) atoms. The van der Waals surface area contributed by atoms with Crippen molar-refractivity contribution < 1.29 is 27.9 Å². The molecule has 1 fully saturated rings. The van der Waals surface area contributed by atoms with Gasteiger partial charge in [0.05, 0.1) is 17.5 Å². The van der Waals surface area contributed by atoms with Crippen molar-refractivity contribution in [2.24, 2.45) is 24.3 Å². The van der Waals surface area contributed by atoms with E-state index in [0.29, 0.717) is 0 Å². The van der Waals surface area contributed by atoms with Gasteiger partial charge in [-0.05, 0) is 5.41 Å². The highest BCUT2D eigenvalue weighted by Gasteiger charge is 2.66. The van der Waals surface area contributed by atoms with E-state index < -0.39 is 46.7 Å². The summed E-state index contributed by atoms with van der Waals surface area (Å²) in [6, 6.07) is 0. The maximum Gasteiger partial charge on any atom is 0.437 e. The highest BCUT2D eigenvalue weighted by atomic mass is 19.4. The second kappa shape index (κ2) is 4.47. The van der Waals surface area contributed by atoms with Crippen molar-refractivity contribution >= 4 is 17.6 Å². The van der Waals surface area contributed by atoms with Crippen LogP contribution in [0.15, 0.2) is 6.20 Å². The zero-order valence-corrected chi connectivity index (χ0v) is 11.5. The number of aromatic nitrogens is 2. The molecule has 1 aromatic rings. The molecule has 1 aliphatic carbocycles. The van der Waals surface area contributed by atoms with Crippen molar-refractivity contribution in [2.45, 2.75) is 20.0 Å². The first-order valence-electron chi connectivity index (χ1n) is 6.10. The first-order chi connectivity index (χ1) is 9.46. The molecule has 1 saturated carbocycles. The molecule has 1 amide bonds. The number of alkyl halides is 3. The summed E-state index contributed by atoms with van der Waals surface area (Å²) < 4.78 is 39.2. The number of amides is 1. The number of carbonyl (C=O) groups excluding carboxylic acids is 1. The molecule has 1 aromatic heterocycles. The molecule has 9 heteroatoms. The maximum atomic E-state index is 12.8. The number of carboxylic acid groups (broad SMARTS) is 1. The minimum atomic E-state index is -4.70. The van der Waals surface area contributed by atoms with E-state index >= 15 is 0 Å². The molecule has 0 unspecified atom stereocenters. The summed E-state index contributed by atoms with van der Waals surface area (Å²) >= 11 is 0. The van der Waals surface area contributed by atoms with Gasteiger partial charge in [0.15, 0.2) is 5.69 Å². The number of aliphatic carboxylic acids is 1. The minimum absolute atomic E-state index is 0.471. The van der Waals surface area contributed by atoms with Crippen LogP contribution in [0.3, 0.4) is 0 Å². The summed E-state index contributed by atoms with van der Waals surface area (Å²) in [7, 11) is 1.30. The molecule has 1 heterocycles. The van der Waals surface area contributed by atoms with Crippen LogP contribution in [0.2, 0.25) is 0 Å². The van der Waals surface area contributed by atoms with Crippen molar-refractivity contribution in [3.63, 3.8) is 0 Å². The number of carbonyl (C=O) groups is 2. The van der Waals surface area contributed by atoms with Gasteiger partial charge in [0, 0.05) is 13.2 Å². The summed E-state index contributed by atoms with van der Waals surface area (Å²) in [5.74, 6) is -3.65. The van der Waals surface area contributed by atoms with Gasteiger partial charge in [-0.1, -0.05) is 13.8 Å². The molecule has 1 aliphatic rings. The van der Waals surface area contributed by atoms with Gasteiger partial charge in [0.2, 0.25) is 5.91 Å². The molecule has 0 bridgehead atoms. The molecule has 0 aliphatic heterocycles. The summed E-state index contributed by atoms with van der Waals surface area (Å²) in [4.78, 5) is 23.0. The molecular formula is C12H14F3N3O3. The second-order valence-corrected chi connectivity index (χ2v) is 5.67. The van der Waals surface area contributed by atoms with E-state index in [0.717, 1.165) is 10.9 Å². The number of hydrogen-bond donors (Lipinski definition) is 2. The Balaban J connectivity index is 2.21. The Hall–Kier alpha value is -2.06. The Labute approximate surface area is 117 Å². The quantitative estimate of drug-likeness (QED) is 0.891. The van der Waals surface area contributed by atoms with Crippen LogP contribution in [0.25, 0.3) is 0 Å². The lowest BCUT2D eigenvalue weighted by atomic mass is 10.1. The normalized spacial score (nSPS) is 23.7. The van der Waals surface area contributed by atoms with E-state index in [2.05, 4.69) is 10.4 Å². The third kappa shape index (κ3) is 2.59. The minimum Gasteiger partial charge on any atom is -0.481 e. The topological polar surface area (TPSA) is 84.2 Å². The van der Waals surface area contributed by atoms with Crippen molar-refractivity contribution in [3.05, 3.63) is 11.9 Å². The molecule has 0 saturated heterocycles. The highest BCUT2D eigenvalue weighted by Crippen LogP contribution is 2.58. The summed E-state index contributed by atoms with van der Waals surface area (Å²) in [5, 5.41) is 14.4. The molecular weight excluding hydrogens is 291 g/mol. The molecule has 6 nitrogen and oxygen atoms in total. The summed E-state index contributed by atoms with van der Waals surface area (Å²) in [6.45, 7) is 3.17. The van der Waals surface area contributed by atoms with Gasteiger partial charge >= 0.3 is 12.1 Å². The van der Waals surface area contributed by atoms with Gasteiger partial charge < -0.3 is 10.4 Å². The number of halogens is 3. The van der Waals surface area contributed by atoms with Crippen LogP contribution in [-0.4, -0.2) is 26.8 Å². The van der Waals surface area contributed by atoms with Gasteiger partial charge in [0.1, 0.15) is 0 Å². The van der Waals surface area contributed by atoms with Crippen LogP contribution in [0, 0.1) is 17.3 Å². The number of hydrogen-bond acceptors (Lipinski definition) is 3. The number of aryl methyl sites for hydroxylation is 1. The molecule has 2 N–H and O–H groups in total.